The van der Waals surface area contributed by atoms with Crippen molar-refractivity contribution < 1.29 is 4.39 Å². The van der Waals surface area contributed by atoms with Gasteiger partial charge in [-0.3, -0.25) is 0 Å². The van der Waals surface area contributed by atoms with E-state index in [1.54, 1.807) is 12.1 Å². The van der Waals surface area contributed by atoms with Crippen molar-refractivity contribution in [3.05, 3.63) is 64.4 Å². The fourth-order valence-electron chi connectivity index (χ4n) is 1.74. The van der Waals surface area contributed by atoms with E-state index in [2.05, 4.69) is 28.1 Å². The van der Waals surface area contributed by atoms with Gasteiger partial charge in [0, 0.05) is 21.2 Å². The van der Waals surface area contributed by atoms with E-state index in [9.17, 15) is 4.39 Å². The van der Waals surface area contributed by atoms with E-state index in [1.165, 1.54) is 23.4 Å². The minimum atomic E-state index is -0.177. The van der Waals surface area contributed by atoms with Crippen molar-refractivity contribution in [3.8, 4) is 0 Å². The van der Waals surface area contributed by atoms with Crippen molar-refractivity contribution in [1.82, 2.24) is 0 Å². The van der Waals surface area contributed by atoms with Gasteiger partial charge in [-0.05, 0) is 36.2 Å². The zero-order valence-corrected chi connectivity index (χ0v) is 12.8. The molecule has 0 bridgehead atoms. The summed E-state index contributed by atoms with van der Waals surface area (Å²) in [7, 11) is 0. The molecule has 1 atom stereocenters. The Morgan fingerprint density at radius 3 is 2.47 bits per heavy atom. The molecule has 2 N–H and O–H groups in total. The third kappa shape index (κ3) is 4.64. The molecule has 0 aliphatic heterocycles. The molecule has 0 fully saturated rings. The molecule has 0 spiro atoms. The van der Waals surface area contributed by atoms with Crippen LogP contribution in [0.2, 0.25) is 0 Å². The Labute approximate surface area is 125 Å². The molecule has 0 amide bonds. The lowest BCUT2D eigenvalue weighted by molar-refractivity contribution is 0.601. The minimum absolute atomic E-state index is 0.0192. The lowest BCUT2D eigenvalue weighted by Gasteiger charge is -2.11. The average molecular weight is 340 g/mol. The molecule has 100 valence electrons. The molecule has 0 saturated heterocycles. The molecule has 0 radical (unpaired) electrons. The van der Waals surface area contributed by atoms with Crippen LogP contribution in [0.15, 0.2) is 57.9 Å². The number of benzene rings is 2. The van der Waals surface area contributed by atoms with E-state index in [1.807, 2.05) is 18.2 Å². The second kappa shape index (κ2) is 7.08. The number of hydrogen-bond donors (Lipinski definition) is 1. The molecule has 2 aromatic carbocycles. The molecule has 1 nitrogen and oxygen atoms in total. The van der Waals surface area contributed by atoms with Gasteiger partial charge < -0.3 is 5.73 Å². The third-order valence-corrected chi connectivity index (χ3v) is 4.47. The van der Waals surface area contributed by atoms with Gasteiger partial charge in [0.05, 0.1) is 0 Å². The summed E-state index contributed by atoms with van der Waals surface area (Å²) < 4.78 is 14.5. The van der Waals surface area contributed by atoms with Gasteiger partial charge in [-0.2, -0.15) is 0 Å². The molecule has 0 heterocycles. The highest BCUT2D eigenvalue weighted by Gasteiger charge is 2.07. The van der Waals surface area contributed by atoms with Crippen LogP contribution in [0.4, 0.5) is 4.39 Å². The Morgan fingerprint density at radius 1 is 1.11 bits per heavy atom. The zero-order chi connectivity index (χ0) is 13.7. The van der Waals surface area contributed by atoms with Crippen molar-refractivity contribution in [2.75, 3.05) is 5.75 Å². The molecular weight excluding hydrogens is 325 g/mol. The number of thioether (sulfide) groups is 1. The van der Waals surface area contributed by atoms with Crippen molar-refractivity contribution in [3.63, 3.8) is 0 Å². The molecule has 4 heteroatoms. The second-order valence-electron chi connectivity index (χ2n) is 4.33. The van der Waals surface area contributed by atoms with Crippen LogP contribution in [0.3, 0.4) is 0 Å². The van der Waals surface area contributed by atoms with E-state index in [4.69, 9.17) is 5.73 Å². The lowest BCUT2D eigenvalue weighted by atomic mass is 10.1. The van der Waals surface area contributed by atoms with Gasteiger partial charge >= 0.3 is 0 Å². The predicted molar refractivity (Wildman–Crippen MR) is 82.9 cm³/mol. The highest BCUT2D eigenvalue weighted by atomic mass is 79.9. The average Bonchev–Trinajstić information content (AvgIpc) is 2.40. The Kier molecular flexibility index (Phi) is 5.43. The maximum Gasteiger partial charge on any atom is 0.136 e. The minimum Gasteiger partial charge on any atom is -0.327 e. The third-order valence-electron chi connectivity index (χ3n) is 2.70. The summed E-state index contributed by atoms with van der Waals surface area (Å²) >= 11 is 4.87. The Balaban J connectivity index is 1.86. The van der Waals surface area contributed by atoms with Crippen LogP contribution in [0.1, 0.15) is 5.56 Å². The van der Waals surface area contributed by atoms with Crippen LogP contribution in [0.5, 0.6) is 0 Å². The van der Waals surface area contributed by atoms with Crippen molar-refractivity contribution in [1.29, 1.82) is 0 Å². The normalized spacial score (nSPS) is 12.4. The highest BCUT2D eigenvalue weighted by molar-refractivity contribution is 9.10. The van der Waals surface area contributed by atoms with Gasteiger partial charge in [0.2, 0.25) is 0 Å². The predicted octanol–water partition coefficient (Wildman–Crippen LogP) is 4.25. The van der Waals surface area contributed by atoms with Crippen molar-refractivity contribution in [2.45, 2.75) is 17.4 Å². The van der Waals surface area contributed by atoms with Gasteiger partial charge in [-0.1, -0.05) is 40.2 Å². The standard InChI is InChI=1S/C15H15BrFNS/c16-12-7-5-11(6-8-12)9-13(18)10-19-15-4-2-1-3-14(15)17/h1-8,13H,9-10,18H2. The summed E-state index contributed by atoms with van der Waals surface area (Å²) in [6, 6.07) is 14.9. The lowest BCUT2D eigenvalue weighted by Crippen LogP contribution is -2.25. The molecule has 1 unspecified atom stereocenters. The van der Waals surface area contributed by atoms with E-state index in [0.29, 0.717) is 10.6 Å². The maximum absolute atomic E-state index is 13.4. The number of hydrogen-bond acceptors (Lipinski definition) is 2. The van der Waals surface area contributed by atoms with Crippen LogP contribution in [-0.2, 0) is 6.42 Å². The first-order valence-corrected chi connectivity index (χ1v) is 7.80. The molecule has 2 rings (SSSR count). The molecule has 0 aliphatic carbocycles. The van der Waals surface area contributed by atoms with Crippen LogP contribution in [0, 0.1) is 5.82 Å². The topological polar surface area (TPSA) is 26.0 Å². The van der Waals surface area contributed by atoms with E-state index < -0.39 is 0 Å². The monoisotopic (exact) mass is 339 g/mol. The van der Waals surface area contributed by atoms with Crippen LogP contribution in [0.25, 0.3) is 0 Å². The van der Waals surface area contributed by atoms with Crippen molar-refractivity contribution in [2.24, 2.45) is 5.73 Å². The fourth-order valence-corrected chi connectivity index (χ4v) is 2.90. The largest absolute Gasteiger partial charge is 0.327 e. The molecule has 0 saturated carbocycles. The Morgan fingerprint density at radius 2 is 1.79 bits per heavy atom. The number of nitrogens with two attached hydrogens (primary N) is 1. The highest BCUT2D eigenvalue weighted by Crippen LogP contribution is 2.22. The summed E-state index contributed by atoms with van der Waals surface area (Å²) in [5.41, 5.74) is 7.29. The van der Waals surface area contributed by atoms with Crippen molar-refractivity contribution >= 4 is 27.7 Å². The van der Waals surface area contributed by atoms with Gasteiger partial charge in [-0.25, -0.2) is 4.39 Å². The summed E-state index contributed by atoms with van der Waals surface area (Å²) in [6.45, 7) is 0. The van der Waals surface area contributed by atoms with Gasteiger partial charge in [0.15, 0.2) is 0 Å². The van der Waals surface area contributed by atoms with E-state index >= 15 is 0 Å². The first-order chi connectivity index (χ1) is 9.15. The smallest absolute Gasteiger partial charge is 0.136 e. The summed E-state index contributed by atoms with van der Waals surface area (Å²) in [5.74, 6) is 0.528. The fraction of sp³-hybridized carbons (Fsp3) is 0.200. The second-order valence-corrected chi connectivity index (χ2v) is 6.31. The van der Waals surface area contributed by atoms with Crippen LogP contribution in [-0.4, -0.2) is 11.8 Å². The Hall–Kier alpha value is -0.840. The van der Waals surface area contributed by atoms with Gasteiger partial charge in [0.25, 0.3) is 0 Å². The van der Waals surface area contributed by atoms with Crippen LogP contribution < -0.4 is 5.73 Å². The van der Waals surface area contributed by atoms with Gasteiger partial charge in [-0.15, -0.1) is 11.8 Å². The van der Waals surface area contributed by atoms with Gasteiger partial charge in [0.1, 0.15) is 5.82 Å². The SMILES string of the molecule is NC(CSc1ccccc1F)Cc1ccc(Br)cc1. The molecular formula is C15H15BrFNS. The summed E-state index contributed by atoms with van der Waals surface area (Å²) in [4.78, 5) is 0.661. The first kappa shape index (κ1) is 14.6. The molecule has 2 aromatic rings. The summed E-state index contributed by atoms with van der Waals surface area (Å²) in [5, 5.41) is 0. The molecule has 0 aromatic heterocycles. The number of rotatable bonds is 5. The summed E-state index contributed by atoms with van der Waals surface area (Å²) in [6.07, 6.45) is 0.800. The molecule has 19 heavy (non-hydrogen) atoms. The Bertz CT molecular complexity index is 530. The van der Waals surface area contributed by atoms with Crippen LogP contribution >= 0.6 is 27.7 Å². The van der Waals surface area contributed by atoms with E-state index in [-0.39, 0.29) is 11.9 Å². The first-order valence-electron chi connectivity index (χ1n) is 6.02. The number of halogens is 2. The zero-order valence-electron chi connectivity index (χ0n) is 10.4. The molecule has 0 aliphatic rings. The quantitative estimate of drug-likeness (QED) is 0.824. The maximum atomic E-state index is 13.4. The van der Waals surface area contributed by atoms with E-state index in [0.717, 1.165) is 10.9 Å².